The zero-order valence-corrected chi connectivity index (χ0v) is 28.4. The average Bonchev–Trinajstić information content (AvgIpc) is 3.68. The summed E-state index contributed by atoms with van der Waals surface area (Å²) in [5.74, 6) is 0.455. The van der Waals surface area contributed by atoms with Gasteiger partial charge in [-0.1, -0.05) is 18.2 Å². The number of benzene rings is 2. The molecule has 12 nitrogen and oxygen atoms in total. The first-order chi connectivity index (χ1) is 24.2. The number of rotatable bonds is 12. The third kappa shape index (κ3) is 7.09. The SMILES string of the molecule is CN(C)c1ccc(-c2ccc(-c3nc4ccc(OCCOCC(=O)Cc5ccc6c(c5)CN(C5CCC(=O)NC5=O)C6=O)cc4s3)nc2)cn1. The number of pyridine rings is 2. The van der Waals surface area contributed by atoms with Gasteiger partial charge in [0.2, 0.25) is 11.8 Å². The summed E-state index contributed by atoms with van der Waals surface area (Å²) in [6, 6.07) is 18.3. The molecule has 13 heteroatoms. The molecule has 0 bridgehead atoms. The second-order valence-electron chi connectivity index (χ2n) is 12.4. The first-order valence-corrected chi connectivity index (χ1v) is 17.0. The quantitative estimate of drug-likeness (QED) is 0.147. The highest BCUT2D eigenvalue weighted by molar-refractivity contribution is 7.21. The van der Waals surface area contributed by atoms with E-state index in [1.165, 1.54) is 16.2 Å². The van der Waals surface area contributed by atoms with Crippen LogP contribution in [0.3, 0.4) is 0 Å². The molecule has 50 heavy (non-hydrogen) atoms. The van der Waals surface area contributed by atoms with Gasteiger partial charge < -0.3 is 19.3 Å². The fraction of sp³-hybridized carbons (Fsp3) is 0.270. The molecule has 1 unspecified atom stereocenters. The standard InChI is InChI=1S/C37H34N6O6S/c1-42(2)33-11-5-24(19-39-33)23-4-8-30(38-18-23)36-40-29-9-6-27(17-32(29)50-36)49-14-13-48-21-26(44)16-22-3-7-28-25(15-22)20-43(37(28)47)31-10-12-34(45)41-35(31)46/h3-9,11,15,17-19,31H,10,12-14,16,20-21H2,1-2H3,(H,41,45,46). The van der Waals surface area contributed by atoms with Crippen LogP contribution >= 0.6 is 11.3 Å². The largest absolute Gasteiger partial charge is 0.491 e. The number of Topliss-reactive ketones (excluding diaryl/α,β-unsaturated/α-hetero) is 1. The van der Waals surface area contributed by atoms with E-state index in [4.69, 9.17) is 14.5 Å². The summed E-state index contributed by atoms with van der Waals surface area (Å²) in [6.45, 7) is 0.707. The highest BCUT2D eigenvalue weighted by Crippen LogP contribution is 2.33. The van der Waals surface area contributed by atoms with Crippen LogP contribution < -0.4 is 15.0 Å². The molecule has 3 aromatic heterocycles. The number of hydrogen-bond donors (Lipinski definition) is 1. The number of fused-ring (bicyclic) bond motifs is 2. The molecule has 0 aliphatic carbocycles. The van der Waals surface area contributed by atoms with Gasteiger partial charge in [-0.2, -0.15) is 0 Å². The Hall–Kier alpha value is -5.53. The van der Waals surface area contributed by atoms with Crippen molar-refractivity contribution in [1.29, 1.82) is 0 Å². The minimum atomic E-state index is -0.675. The Morgan fingerprint density at radius 3 is 2.54 bits per heavy atom. The van der Waals surface area contributed by atoms with Crippen LogP contribution in [0.25, 0.3) is 32.0 Å². The molecule has 1 saturated heterocycles. The topological polar surface area (TPSA) is 144 Å². The summed E-state index contributed by atoms with van der Waals surface area (Å²) in [5.41, 5.74) is 5.66. The van der Waals surface area contributed by atoms with Crippen LogP contribution in [-0.4, -0.2) is 83.3 Å². The van der Waals surface area contributed by atoms with Crippen molar-refractivity contribution in [1.82, 2.24) is 25.2 Å². The van der Waals surface area contributed by atoms with Gasteiger partial charge in [0, 0.05) is 62.6 Å². The van der Waals surface area contributed by atoms with Crippen LogP contribution in [-0.2, 0) is 32.1 Å². The number of nitrogens with zero attached hydrogens (tertiary/aromatic N) is 5. The first kappa shape index (κ1) is 33.0. The number of amides is 3. The third-order valence-corrected chi connectivity index (χ3v) is 9.67. The molecule has 254 valence electrons. The van der Waals surface area contributed by atoms with Crippen molar-refractivity contribution in [2.45, 2.75) is 31.8 Å². The van der Waals surface area contributed by atoms with Gasteiger partial charge in [0.15, 0.2) is 5.78 Å². The van der Waals surface area contributed by atoms with Crippen molar-refractivity contribution >= 4 is 50.9 Å². The number of aromatic nitrogens is 3. The normalized spacial score (nSPS) is 15.7. The number of ketones is 1. The lowest BCUT2D eigenvalue weighted by Gasteiger charge is -2.29. The smallest absolute Gasteiger partial charge is 0.255 e. The van der Waals surface area contributed by atoms with Crippen LogP contribution in [0.5, 0.6) is 5.75 Å². The van der Waals surface area contributed by atoms with Gasteiger partial charge >= 0.3 is 0 Å². The molecule has 0 saturated carbocycles. The van der Waals surface area contributed by atoms with Gasteiger partial charge in [-0.15, -0.1) is 11.3 Å². The minimum Gasteiger partial charge on any atom is -0.491 e. The summed E-state index contributed by atoms with van der Waals surface area (Å²) in [7, 11) is 3.92. The van der Waals surface area contributed by atoms with E-state index in [1.54, 1.807) is 12.1 Å². The molecular formula is C37H34N6O6S. The number of nitrogens with one attached hydrogen (secondary N) is 1. The lowest BCUT2D eigenvalue weighted by Crippen LogP contribution is -2.52. The number of anilines is 1. The second kappa shape index (κ2) is 14.1. The molecule has 5 heterocycles. The molecule has 2 aliphatic rings. The van der Waals surface area contributed by atoms with Crippen molar-refractivity contribution in [3.8, 4) is 27.6 Å². The molecule has 2 aliphatic heterocycles. The van der Waals surface area contributed by atoms with Crippen LogP contribution in [0.4, 0.5) is 5.82 Å². The number of ether oxygens (including phenoxy) is 2. The predicted octanol–water partition coefficient (Wildman–Crippen LogP) is 4.45. The van der Waals surface area contributed by atoms with Crippen molar-refractivity contribution in [2.24, 2.45) is 0 Å². The lowest BCUT2D eigenvalue weighted by molar-refractivity contribution is -0.137. The summed E-state index contributed by atoms with van der Waals surface area (Å²) in [6.07, 6.45) is 4.33. The molecule has 7 rings (SSSR count). The van der Waals surface area contributed by atoms with Gasteiger partial charge in [0.05, 0.1) is 22.5 Å². The Bertz CT molecular complexity index is 2100. The van der Waals surface area contributed by atoms with E-state index in [-0.39, 0.29) is 56.8 Å². The van der Waals surface area contributed by atoms with Gasteiger partial charge in [-0.3, -0.25) is 29.5 Å². The van der Waals surface area contributed by atoms with Crippen LogP contribution in [0.2, 0.25) is 0 Å². The zero-order valence-electron chi connectivity index (χ0n) is 27.5. The summed E-state index contributed by atoms with van der Waals surface area (Å²) < 4.78 is 12.4. The summed E-state index contributed by atoms with van der Waals surface area (Å²) in [4.78, 5) is 66.7. The predicted molar refractivity (Wildman–Crippen MR) is 188 cm³/mol. The number of hydrogen-bond acceptors (Lipinski definition) is 11. The molecule has 2 aromatic carbocycles. The Morgan fingerprint density at radius 1 is 0.980 bits per heavy atom. The maximum atomic E-state index is 12.9. The Morgan fingerprint density at radius 2 is 1.80 bits per heavy atom. The van der Waals surface area contributed by atoms with E-state index < -0.39 is 11.9 Å². The Labute approximate surface area is 292 Å². The first-order valence-electron chi connectivity index (χ1n) is 16.2. The monoisotopic (exact) mass is 690 g/mol. The summed E-state index contributed by atoms with van der Waals surface area (Å²) >= 11 is 1.54. The molecule has 1 fully saturated rings. The van der Waals surface area contributed by atoms with Gasteiger partial charge in [0.1, 0.15) is 35.8 Å². The molecule has 1 N–H and O–H groups in total. The molecular weight excluding hydrogens is 657 g/mol. The van der Waals surface area contributed by atoms with Crippen molar-refractivity contribution in [2.75, 3.05) is 38.8 Å². The van der Waals surface area contributed by atoms with E-state index >= 15 is 0 Å². The maximum Gasteiger partial charge on any atom is 0.255 e. The number of carbonyl (C=O) groups is 4. The van der Waals surface area contributed by atoms with Crippen molar-refractivity contribution in [3.05, 3.63) is 89.7 Å². The minimum absolute atomic E-state index is 0.0668. The van der Waals surface area contributed by atoms with Gasteiger partial charge in [0.25, 0.3) is 5.91 Å². The summed E-state index contributed by atoms with van der Waals surface area (Å²) in [5, 5.41) is 3.12. The molecule has 5 aromatic rings. The second-order valence-corrected chi connectivity index (χ2v) is 13.4. The Kier molecular flexibility index (Phi) is 9.33. The molecule has 0 spiro atoms. The van der Waals surface area contributed by atoms with Crippen LogP contribution in [0.1, 0.15) is 34.3 Å². The molecule has 0 radical (unpaired) electrons. The van der Waals surface area contributed by atoms with Crippen LogP contribution in [0.15, 0.2) is 73.1 Å². The fourth-order valence-corrected chi connectivity index (χ4v) is 7.01. The van der Waals surface area contributed by atoms with E-state index in [0.717, 1.165) is 49.0 Å². The number of imide groups is 1. The van der Waals surface area contributed by atoms with E-state index in [1.807, 2.05) is 79.9 Å². The lowest BCUT2D eigenvalue weighted by atomic mass is 10.0. The van der Waals surface area contributed by atoms with E-state index in [9.17, 15) is 19.2 Å². The van der Waals surface area contributed by atoms with Crippen LogP contribution in [0, 0.1) is 0 Å². The Balaban J connectivity index is 0.871. The number of piperidine rings is 1. The maximum absolute atomic E-state index is 12.9. The van der Waals surface area contributed by atoms with Gasteiger partial charge in [-0.05, 0) is 60.0 Å². The highest BCUT2D eigenvalue weighted by atomic mass is 32.1. The molecule has 3 amide bonds. The number of carbonyl (C=O) groups excluding carboxylic acids is 4. The van der Waals surface area contributed by atoms with Crippen molar-refractivity contribution < 1.29 is 28.7 Å². The fourth-order valence-electron chi connectivity index (χ4n) is 6.04. The average molecular weight is 691 g/mol. The van der Waals surface area contributed by atoms with Crippen molar-refractivity contribution in [3.63, 3.8) is 0 Å². The zero-order chi connectivity index (χ0) is 34.8. The highest BCUT2D eigenvalue weighted by Gasteiger charge is 2.39. The number of thiazole rings is 1. The third-order valence-electron chi connectivity index (χ3n) is 8.63. The van der Waals surface area contributed by atoms with Gasteiger partial charge in [-0.25, -0.2) is 9.97 Å². The van der Waals surface area contributed by atoms with E-state index in [0.29, 0.717) is 17.7 Å². The van der Waals surface area contributed by atoms with E-state index in [2.05, 4.69) is 15.3 Å². The molecule has 1 atom stereocenters.